The highest BCUT2D eigenvalue weighted by atomic mass is 32.2. The number of hydrogen-bond acceptors (Lipinski definition) is 3. The predicted octanol–water partition coefficient (Wildman–Crippen LogP) is 4.38. The van der Waals surface area contributed by atoms with Gasteiger partial charge >= 0.3 is 0 Å². The average Bonchev–Trinajstić information content (AvgIpc) is 2.60. The van der Waals surface area contributed by atoms with Gasteiger partial charge in [-0.2, -0.15) is 0 Å². The maximum Gasteiger partial charge on any atom is 0.230 e. The zero-order valence-corrected chi connectivity index (χ0v) is 15.9. The van der Waals surface area contributed by atoms with Gasteiger partial charge in [-0.3, -0.25) is 4.79 Å². The van der Waals surface area contributed by atoms with E-state index in [9.17, 15) is 4.79 Å². The van der Waals surface area contributed by atoms with E-state index in [-0.39, 0.29) is 5.91 Å². The van der Waals surface area contributed by atoms with E-state index in [0.29, 0.717) is 12.4 Å². The highest BCUT2D eigenvalue weighted by molar-refractivity contribution is 7.99. The first kappa shape index (κ1) is 19.4. The summed E-state index contributed by atoms with van der Waals surface area (Å²) >= 11 is 1.66. The number of aryl methyl sites for hydroxylation is 2. The minimum absolute atomic E-state index is 0.115. The molecule has 0 radical (unpaired) electrons. The molecule has 1 N–H and O–H groups in total. The van der Waals surface area contributed by atoms with Crippen LogP contribution in [0.2, 0.25) is 0 Å². The number of thioether (sulfide) groups is 1. The number of carbonyl (C=O) groups is 1. The smallest absolute Gasteiger partial charge is 0.230 e. The lowest BCUT2D eigenvalue weighted by molar-refractivity contribution is -0.118. The van der Waals surface area contributed by atoms with Crippen molar-refractivity contribution in [3.05, 3.63) is 65.2 Å². The number of nitrogens with one attached hydrogen (secondary N) is 1. The number of hydrogen-bond donors (Lipinski definition) is 1. The summed E-state index contributed by atoms with van der Waals surface area (Å²) in [6, 6.07) is 16.6. The summed E-state index contributed by atoms with van der Waals surface area (Å²) in [4.78, 5) is 11.9. The third-order valence-corrected chi connectivity index (χ3v) is 4.79. The van der Waals surface area contributed by atoms with E-state index >= 15 is 0 Å². The molecule has 134 valence electrons. The zero-order chi connectivity index (χ0) is 17.9. The summed E-state index contributed by atoms with van der Waals surface area (Å²) < 4.78 is 5.43. The Kier molecular flexibility index (Phi) is 8.40. The van der Waals surface area contributed by atoms with E-state index in [2.05, 4.69) is 48.6 Å². The maximum atomic E-state index is 11.9. The van der Waals surface area contributed by atoms with Crippen LogP contribution in [-0.2, 0) is 17.0 Å². The van der Waals surface area contributed by atoms with Crippen molar-refractivity contribution in [2.75, 3.05) is 18.9 Å². The van der Waals surface area contributed by atoms with Crippen LogP contribution in [0, 0.1) is 6.92 Å². The van der Waals surface area contributed by atoms with Gasteiger partial charge in [-0.15, -0.1) is 11.8 Å². The maximum absolute atomic E-state index is 11.9. The van der Waals surface area contributed by atoms with Crippen LogP contribution in [0.5, 0.6) is 5.75 Å². The molecule has 0 bridgehead atoms. The van der Waals surface area contributed by atoms with Crippen LogP contribution in [0.1, 0.15) is 30.0 Å². The van der Waals surface area contributed by atoms with E-state index in [1.54, 1.807) is 11.8 Å². The van der Waals surface area contributed by atoms with Gasteiger partial charge in [-0.05, 0) is 49.9 Å². The normalized spacial score (nSPS) is 10.5. The molecule has 0 aliphatic carbocycles. The molecule has 1 amide bonds. The second-order valence-corrected chi connectivity index (χ2v) is 7.00. The van der Waals surface area contributed by atoms with Gasteiger partial charge in [0.15, 0.2) is 0 Å². The molecular weight excluding hydrogens is 330 g/mol. The molecule has 2 aromatic carbocycles. The Labute approximate surface area is 155 Å². The van der Waals surface area contributed by atoms with Crippen molar-refractivity contribution in [1.82, 2.24) is 5.32 Å². The van der Waals surface area contributed by atoms with Crippen molar-refractivity contribution >= 4 is 17.7 Å². The summed E-state index contributed by atoms with van der Waals surface area (Å²) in [5, 5.41) is 3.00. The van der Waals surface area contributed by atoms with Crippen molar-refractivity contribution in [3.8, 4) is 5.75 Å². The average molecular weight is 358 g/mol. The fourth-order valence-corrected chi connectivity index (χ4v) is 3.36. The monoisotopic (exact) mass is 357 g/mol. The van der Waals surface area contributed by atoms with Gasteiger partial charge in [0.25, 0.3) is 0 Å². The summed E-state index contributed by atoms with van der Waals surface area (Å²) in [5.41, 5.74) is 3.80. The van der Waals surface area contributed by atoms with Gasteiger partial charge in [0.2, 0.25) is 5.91 Å². The number of carbonyl (C=O) groups excluding carboxylic acids is 1. The fourth-order valence-electron chi connectivity index (χ4n) is 2.55. The topological polar surface area (TPSA) is 38.3 Å². The van der Waals surface area contributed by atoms with Crippen LogP contribution < -0.4 is 10.1 Å². The third-order valence-electron chi connectivity index (χ3n) is 3.78. The van der Waals surface area contributed by atoms with Crippen LogP contribution in [0.4, 0.5) is 0 Å². The first-order chi connectivity index (χ1) is 12.2. The minimum atomic E-state index is 0.115. The quantitative estimate of drug-likeness (QED) is 0.642. The van der Waals surface area contributed by atoms with Gasteiger partial charge in [-0.1, -0.05) is 42.0 Å². The zero-order valence-electron chi connectivity index (χ0n) is 15.1. The lowest BCUT2D eigenvalue weighted by atomic mass is 10.1. The molecule has 4 heteroatoms. The summed E-state index contributed by atoms with van der Waals surface area (Å²) in [7, 11) is 0. The second kappa shape index (κ2) is 10.8. The van der Waals surface area contributed by atoms with Crippen molar-refractivity contribution in [2.24, 2.45) is 0 Å². The number of rotatable bonds is 10. The highest BCUT2D eigenvalue weighted by Crippen LogP contribution is 2.14. The van der Waals surface area contributed by atoms with Gasteiger partial charge in [0, 0.05) is 12.3 Å². The molecule has 0 heterocycles. The molecule has 2 aromatic rings. The molecular formula is C21H27NO2S. The van der Waals surface area contributed by atoms with Gasteiger partial charge < -0.3 is 10.1 Å². The Bertz CT molecular complexity index is 655. The van der Waals surface area contributed by atoms with E-state index in [1.807, 2.05) is 19.1 Å². The van der Waals surface area contributed by atoms with Crippen LogP contribution in [0.15, 0.2) is 48.5 Å². The highest BCUT2D eigenvalue weighted by Gasteiger charge is 2.02. The Morgan fingerprint density at radius 2 is 1.92 bits per heavy atom. The molecule has 2 rings (SSSR count). The third kappa shape index (κ3) is 7.65. The summed E-state index contributed by atoms with van der Waals surface area (Å²) in [6.45, 7) is 5.48. The number of amides is 1. The SMILES string of the molecule is CCOc1ccc(CCCNC(=O)CSCc2cccc(C)c2)cc1. The molecule has 0 unspecified atom stereocenters. The van der Waals surface area contributed by atoms with Crippen molar-refractivity contribution < 1.29 is 9.53 Å². The van der Waals surface area contributed by atoms with Crippen LogP contribution >= 0.6 is 11.8 Å². The van der Waals surface area contributed by atoms with Gasteiger partial charge in [-0.25, -0.2) is 0 Å². The molecule has 0 aromatic heterocycles. The Morgan fingerprint density at radius 3 is 2.64 bits per heavy atom. The molecule has 0 atom stereocenters. The van der Waals surface area contributed by atoms with Crippen LogP contribution in [0.25, 0.3) is 0 Å². The molecule has 0 saturated heterocycles. The van der Waals surface area contributed by atoms with Crippen molar-refractivity contribution in [2.45, 2.75) is 32.4 Å². The van der Waals surface area contributed by atoms with E-state index < -0.39 is 0 Å². The van der Waals surface area contributed by atoms with E-state index in [4.69, 9.17) is 4.74 Å². The summed E-state index contributed by atoms with van der Waals surface area (Å²) in [6.07, 6.45) is 1.91. The first-order valence-electron chi connectivity index (χ1n) is 8.79. The Balaban J connectivity index is 1.57. The van der Waals surface area contributed by atoms with Crippen LogP contribution in [0.3, 0.4) is 0 Å². The number of ether oxygens (including phenoxy) is 1. The molecule has 0 aliphatic heterocycles. The molecule has 0 fully saturated rings. The minimum Gasteiger partial charge on any atom is -0.494 e. The molecule has 0 spiro atoms. The molecule has 3 nitrogen and oxygen atoms in total. The van der Waals surface area contributed by atoms with E-state index in [1.165, 1.54) is 16.7 Å². The Hall–Kier alpha value is -1.94. The predicted molar refractivity (Wildman–Crippen MR) is 106 cm³/mol. The molecule has 25 heavy (non-hydrogen) atoms. The summed E-state index contributed by atoms with van der Waals surface area (Å²) in [5.74, 6) is 2.41. The number of benzene rings is 2. The Morgan fingerprint density at radius 1 is 1.12 bits per heavy atom. The van der Waals surface area contributed by atoms with E-state index in [0.717, 1.165) is 30.9 Å². The molecule has 0 aliphatic rings. The van der Waals surface area contributed by atoms with Gasteiger partial charge in [0.1, 0.15) is 5.75 Å². The largest absolute Gasteiger partial charge is 0.494 e. The van der Waals surface area contributed by atoms with Crippen LogP contribution in [-0.4, -0.2) is 24.8 Å². The first-order valence-corrected chi connectivity index (χ1v) is 9.94. The van der Waals surface area contributed by atoms with Crippen molar-refractivity contribution in [3.63, 3.8) is 0 Å². The standard InChI is InChI=1S/C21H27NO2S/c1-3-24-20-11-9-18(10-12-20)8-5-13-22-21(23)16-25-15-19-7-4-6-17(2)14-19/h4,6-7,9-12,14H,3,5,8,13,15-16H2,1-2H3,(H,22,23). The lowest BCUT2D eigenvalue weighted by Gasteiger charge is -2.07. The second-order valence-electron chi connectivity index (χ2n) is 6.01. The van der Waals surface area contributed by atoms with Gasteiger partial charge in [0.05, 0.1) is 12.4 Å². The van der Waals surface area contributed by atoms with Crippen molar-refractivity contribution in [1.29, 1.82) is 0 Å². The fraction of sp³-hybridized carbons (Fsp3) is 0.381. The molecule has 0 saturated carbocycles. The lowest BCUT2D eigenvalue weighted by Crippen LogP contribution is -2.26.